The summed E-state index contributed by atoms with van der Waals surface area (Å²) in [6.07, 6.45) is -4.12. The predicted molar refractivity (Wildman–Crippen MR) is 53.9 cm³/mol. The molecule has 0 radical (unpaired) electrons. The van der Waals surface area contributed by atoms with Crippen LogP contribution in [-0.2, 0) is 4.79 Å². The molecule has 0 aromatic heterocycles. The number of hydrogen-bond acceptors (Lipinski definition) is 2. The van der Waals surface area contributed by atoms with Crippen LogP contribution in [0.25, 0.3) is 0 Å². The van der Waals surface area contributed by atoms with Crippen LogP contribution in [0.5, 0.6) is 0 Å². The molecular formula is C10H13F3N2O3. The number of fused-ring (bicyclic) bond motifs is 2. The van der Waals surface area contributed by atoms with Crippen LogP contribution in [0, 0.1) is 0 Å². The summed E-state index contributed by atoms with van der Waals surface area (Å²) >= 11 is 0. The Hall–Kier alpha value is -1.47. The Morgan fingerprint density at radius 3 is 2.06 bits per heavy atom. The van der Waals surface area contributed by atoms with Crippen molar-refractivity contribution in [2.24, 2.45) is 0 Å². The molecule has 0 saturated carbocycles. The summed E-state index contributed by atoms with van der Waals surface area (Å²) in [7, 11) is 0. The zero-order valence-electron chi connectivity index (χ0n) is 9.41. The number of halogens is 3. The van der Waals surface area contributed by atoms with Gasteiger partial charge in [-0.1, -0.05) is 0 Å². The van der Waals surface area contributed by atoms with Crippen LogP contribution >= 0.6 is 0 Å². The van der Waals surface area contributed by atoms with E-state index in [9.17, 15) is 22.8 Å². The number of carboxylic acid groups (broad SMARTS) is 1. The normalized spacial score (nSPS) is 31.3. The number of hydrogen-bond donors (Lipinski definition) is 2. The topological polar surface area (TPSA) is 69.6 Å². The van der Waals surface area contributed by atoms with Crippen LogP contribution < -0.4 is 5.32 Å². The van der Waals surface area contributed by atoms with E-state index in [0.29, 0.717) is 12.8 Å². The first-order chi connectivity index (χ1) is 8.29. The lowest BCUT2D eigenvalue weighted by Crippen LogP contribution is -2.53. The molecule has 0 spiro atoms. The number of nitrogens with zero attached hydrogens (tertiary/aromatic N) is 1. The third kappa shape index (κ3) is 2.37. The minimum Gasteiger partial charge on any atom is -0.465 e. The van der Waals surface area contributed by atoms with Gasteiger partial charge in [0.05, 0.1) is 0 Å². The summed E-state index contributed by atoms with van der Waals surface area (Å²) in [5.74, 6) is -1.95. The van der Waals surface area contributed by atoms with Crippen molar-refractivity contribution in [1.82, 2.24) is 10.2 Å². The molecule has 3 atom stereocenters. The van der Waals surface area contributed by atoms with Gasteiger partial charge in [0.1, 0.15) is 0 Å². The average Bonchev–Trinajstić information content (AvgIpc) is 2.50. The van der Waals surface area contributed by atoms with Crippen molar-refractivity contribution >= 4 is 12.0 Å². The molecule has 0 aromatic rings. The average molecular weight is 266 g/mol. The summed E-state index contributed by atoms with van der Waals surface area (Å²) in [6.45, 7) is 0. The van der Waals surface area contributed by atoms with Gasteiger partial charge in [0, 0.05) is 18.1 Å². The van der Waals surface area contributed by atoms with Crippen molar-refractivity contribution < 1.29 is 27.9 Å². The summed E-state index contributed by atoms with van der Waals surface area (Å²) in [4.78, 5) is 23.1. The first kappa shape index (κ1) is 13.0. The monoisotopic (exact) mass is 266 g/mol. The van der Waals surface area contributed by atoms with E-state index in [1.165, 1.54) is 4.90 Å². The quantitative estimate of drug-likeness (QED) is 0.752. The van der Waals surface area contributed by atoms with E-state index < -0.39 is 24.2 Å². The summed E-state index contributed by atoms with van der Waals surface area (Å²) in [6, 6.07) is -1.15. The molecule has 0 aliphatic carbocycles. The Bertz CT molecular complexity index is 358. The molecule has 2 saturated heterocycles. The molecule has 2 aliphatic heterocycles. The fourth-order valence-electron chi connectivity index (χ4n) is 2.87. The highest BCUT2D eigenvalue weighted by atomic mass is 19.4. The van der Waals surface area contributed by atoms with Crippen molar-refractivity contribution in [3.8, 4) is 0 Å². The third-order valence-corrected chi connectivity index (χ3v) is 3.55. The number of carbonyl (C=O) groups is 2. The fourth-order valence-corrected chi connectivity index (χ4v) is 2.87. The van der Waals surface area contributed by atoms with Gasteiger partial charge in [-0.2, -0.15) is 13.2 Å². The molecule has 2 rings (SSSR count). The van der Waals surface area contributed by atoms with Gasteiger partial charge in [0.2, 0.25) is 0 Å². The van der Waals surface area contributed by atoms with Crippen LogP contribution in [0.4, 0.5) is 18.0 Å². The van der Waals surface area contributed by atoms with Crippen molar-refractivity contribution in [2.75, 3.05) is 0 Å². The van der Waals surface area contributed by atoms with Gasteiger partial charge < -0.3 is 15.3 Å². The number of piperidine rings is 1. The van der Waals surface area contributed by atoms with Gasteiger partial charge in [0.25, 0.3) is 0 Å². The number of nitrogens with one attached hydrogen (secondary N) is 1. The Labute approximate surface area is 101 Å². The zero-order valence-corrected chi connectivity index (χ0v) is 9.41. The molecule has 2 fully saturated rings. The summed E-state index contributed by atoms with van der Waals surface area (Å²) < 4.78 is 36.3. The van der Waals surface area contributed by atoms with Crippen molar-refractivity contribution in [2.45, 2.75) is 50.0 Å². The summed E-state index contributed by atoms with van der Waals surface area (Å²) in [5, 5.41) is 10.9. The van der Waals surface area contributed by atoms with E-state index in [-0.39, 0.29) is 24.9 Å². The molecule has 18 heavy (non-hydrogen) atoms. The third-order valence-electron chi connectivity index (χ3n) is 3.55. The molecule has 8 heteroatoms. The fraction of sp³-hybridized carbons (Fsp3) is 0.800. The Kier molecular flexibility index (Phi) is 3.12. The van der Waals surface area contributed by atoms with E-state index in [4.69, 9.17) is 5.11 Å². The molecular weight excluding hydrogens is 253 g/mol. The first-order valence-corrected chi connectivity index (χ1v) is 5.68. The molecule has 2 bridgehead atoms. The van der Waals surface area contributed by atoms with Gasteiger partial charge in [0.15, 0.2) is 0 Å². The zero-order chi connectivity index (χ0) is 13.5. The molecule has 2 heterocycles. The minimum absolute atomic E-state index is 0.255. The van der Waals surface area contributed by atoms with Gasteiger partial charge in [-0.05, 0) is 25.7 Å². The lowest BCUT2D eigenvalue weighted by molar-refractivity contribution is -0.174. The molecule has 0 aromatic carbocycles. The Morgan fingerprint density at radius 2 is 1.67 bits per heavy atom. The highest BCUT2D eigenvalue weighted by Crippen LogP contribution is 2.35. The highest BCUT2D eigenvalue weighted by molar-refractivity contribution is 5.82. The van der Waals surface area contributed by atoms with Crippen molar-refractivity contribution in [3.05, 3.63) is 0 Å². The SMILES string of the molecule is O=C(O)N1[C@@H]2CC[C@H]1C[C@H](NC(=O)C(F)(F)F)C2. The van der Waals surface area contributed by atoms with Crippen LogP contribution in [-0.4, -0.2) is 46.3 Å². The highest BCUT2D eigenvalue weighted by Gasteiger charge is 2.46. The Morgan fingerprint density at radius 1 is 1.17 bits per heavy atom. The van der Waals surface area contributed by atoms with E-state index >= 15 is 0 Å². The van der Waals surface area contributed by atoms with E-state index in [1.54, 1.807) is 0 Å². The van der Waals surface area contributed by atoms with Crippen molar-refractivity contribution in [3.63, 3.8) is 0 Å². The number of rotatable bonds is 1. The minimum atomic E-state index is -4.89. The number of amides is 2. The van der Waals surface area contributed by atoms with Crippen LogP contribution in [0.3, 0.4) is 0 Å². The standard InChI is InChI=1S/C10H13F3N2O3/c11-10(12,13)8(16)14-5-3-6-1-2-7(4-5)15(6)9(17)18/h5-7H,1-4H2,(H,14,16)(H,17,18)/t5-,6-,7+. The molecule has 5 nitrogen and oxygen atoms in total. The molecule has 102 valence electrons. The van der Waals surface area contributed by atoms with Gasteiger partial charge in [-0.25, -0.2) is 4.79 Å². The van der Waals surface area contributed by atoms with Gasteiger partial charge >= 0.3 is 18.2 Å². The van der Waals surface area contributed by atoms with Gasteiger partial charge in [-0.15, -0.1) is 0 Å². The molecule has 2 N–H and O–H groups in total. The molecule has 2 amide bonds. The maximum Gasteiger partial charge on any atom is 0.471 e. The predicted octanol–water partition coefficient (Wildman–Crippen LogP) is 1.34. The summed E-state index contributed by atoms with van der Waals surface area (Å²) in [5.41, 5.74) is 0. The van der Waals surface area contributed by atoms with Crippen LogP contribution in [0.15, 0.2) is 0 Å². The second kappa shape index (κ2) is 4.33. The van der Waals surface area contributed by atoms with E-state index in [1.807, 2.05) is 5.32 Å². The maximum atomic E-state index is 12.1. The lowest BCUT2D eigenvalue weighted by Gasteiger charge is -2.37. The van der Waals surface area contributed by atoms with E-state index in [2.05, 4.69) is 0 Å². The maximum absolute atomic E-state index is 12.1. The lowest BCUT2D eigenvalue weighted by atomic mass is 9.98. The van der Waals surface area contributed by atoms with Crippen LogP contribution in [0.1, 0.15) is 25.7 Å². The van der Waals surface area contributed by atoms with Crippen molar-refractivity contribution in [1.29, 1.82) is 0 Å². The first-order valence-electron chi connectivity index (χ1n) is 5.68. The largest absolute Gasteiger partial charge is 0.471 e. The van der Waals surface area contributed by atoms with Gasteiger partial charge in [-0.3, -0.25) is 4.79 Å². The second-order valence-corrected chi connectivity index (χ2v) is 4.71. The smallest absolute Gasteiger partial charge is 0.465 e. The molecule has 0 unspecified atom stereocenters. The second-order valence-electron chi connectivity index (χ2n) is 4.71. The van der Waals surface area contributed by atoms with E-state index in [0.717, 1.165) is 0 Å². The Balaban J connectivity index is 1.97. The number of alkyl halides is 3. The number of carbonyl (C=O) groups excluding carboxylic acids is 1. The molecule has 2 aliphatic rings. The van der Waals surface area contributed by atoms with Crippen LogP contribution in [0.2, 0.25) is 0 Å².